The van der Waals surface area contributed by atoms with E-state index < -0.39 is 10.7 Å². The lowest BCUT2D eigenvalue weighted by atomic mass is 9.75. The van der Waals surface area contributed by atoms with Crippen molar-refractivity contribution < 1.29 is 9.59 Å². The molecule has 0 saturated carbocycles. The molecule has 2 atom stereocenters. The molecular weight excluding hydrogens is 366 g/mol. The fourth-order valence-electron chi connectivity index (χ4n) is 4.56. The summed E-state index contributed by atoms with van der Waals surface area (Å²) in [7, 11) is 0. The van der Waals surface area contributed by atoms with Crippen LogP contribution >= 0.6 is 11.8 Å². The third-order valence-electron chi connectivity index (χ3n) is 5.77. The maximum absolute atomic E-state index is 13.7. The number of thioether (sulfide) groups is 1. The van der Waals surface area contributed by atoms with Crippen LogP contribution in [0.25, 0.3) is 0 Å². The standard InChI is InChI=1S/C24H19NO2S/c26-22-20-16-28-24(17-10-4-1-5-11-17,18-12-6-2-7-13-18)21(20)23(27)25(22)19-14-8-3-9-15-19/h1-15,20-21H,16H2. The van der Waals surface area contributed by atoms with Crippen LogP contribution in [0, 0.1) is 11.8 Å². The van der Waals surface area contributed by atoms with Gasteiger partial charge in [-0.25, -0.2) is 4.90 Å². The molecule has 3 nitrogen and oxygen atoms in total. The summed E-state index contributed by atoms with van der Waals surface area (Å²) in [6, 6.07) is 29.6. The molecule has 3 aromatic carbocycles. The van der Waals surface area contributed by atoms with Gasteiger partial charge in [-0.2, -0.15) is 0 Å². The van der Waals surface area contributed by atoms with E-state index in [0.29, 0.717) is 11.4 Å². The highest BCUT2D eigenvalue weighted by atomic mass is 32.2. The fraction of sp³-hybridized carbons (Fsp3) is 0.167. The SMILES string of the molecule is O=C1C2CSC(c3ccccc3)(c3ccccc3)C2C(=O)N1c1ccccc1. The van der Waals surface area contributed by atoms with Gasteiger partial charge in [0.2, 0.25) is 11.8 Å². The number of amides is 2. The van der Waals surface area contributed by atoms with Crippen LogP contribution in [-0.4, -0.2) is 17.6 Å². The Morgan fingerprint density at radius 3 is 1.75 bits per heavy atom. The molecule has 28 heavy (non-hydrogen) atoms. The van der Waals surface area contributed by atoms with Gasteiger partial charge >= 0.3 is 0 Å². The van der Waals surface area contributed by atoms with E-state index in [4.69, 9.17) is 0 Å². The van der Waals surface area contributed by atoms with Crippen LogP contribution in [-0.2, 0) is 14.3 Å². The van der Waals surface area contributed by atoms with Gasteiger partial charge in [-0.05, 0) is 23.3 Å². The Hall–Kier alpha value is -2.85. The zero-order valence-electron chi connectivity index (χ0n) is 15.2. The van der Waals surface area contributed by atoms with E-state index in [-0.39, 0.29) is 17.7 Å². The largest absolute Gasteiger partial charge is 0.274 e. The lowest BCUT2D eigenvalue weighted by Gasteiger charge is -2.34. The molecule has 5 rings (SSSR count). The monoisotopic (exact) mass is 385 g/mol. The maximum Gasteiger partial charge on any atom is 0.239 e. The second-order valence-corrected chi connectivity index (χ2v) is 8.48. The lowest BCUT2D eigenvalue weighted by molar-refractivity contribution is -0.122. The van der Waals surface area contributed by atoms with Crippen molar-refractivity contribution >= 4 is 29.3 Å². The van der Waals surface area contributed by atoms with Gasteiger partial charge in [-0.1, -0.05) is 78.9 Å². The quantitative estimate of drug-likeness (QED) is 0.624. The minimum Gasteiger partial charge on any atom is -0.274 e. The molecule has 2 fully saturated rings. The summed E-state index contributed by atoms with van der Waals surface area (Å²) in [6.45, 7) is 0. The molecule has 0 spiro atoms. The smallest absolute Gasteiger partial charge is 0.239 e. The van der Waals surface area contributed by atoms with E-state index in [9.17, 15) is 9.59 Å². The Bertz CT molecular complexity index is 981. The summed E-state index contributed by atoms with van der Waals surface area (Å²) in [6.07, 6.45) is 0. The van der Waals surface area contributed by atoms with E-state index in [1.807, 2.05) is 66.7 Å². The Labute approximate surface area is 168 Å². The Morgan fingerprint density at radius 2 is 1.21 bits per heavy atom. The number of imide groups is 1. The molecule has 0 aliphatic carbocycles. The van der Waals surface area contributed by atoms with E-state index in [0.717, 1.165) is 11.1 Å². The molecule has 2 heterocycles. The second-order valence-electron chi connectivity index (χ2n) is 7.21. The molecule has 4 heteroatoms. The van der Waals surface area contributed by atoms with Crippen LogP contribution < -0.4 is 4.90 Å². The molecule has 2 aliphatic rings. The van der Waals surface area contributed by atoms with Gasteiger partial charge in [0.15, 0.2) is 0 Å². The van der Waals surface area contributed by atoms with E-state index in [1.54, 1.807) is 11.8 Å². The van der Waals surface area contributed by atoms with Crippen molar-refractivity contribution in [3.63, 3.8) is 0 Å². The minimum atomic E-state index is -0.552. The highest BCUT2D eigenvalue weighted by Gasteiger charge is 2.63. The molecule has 3 aromatic rings. The van der Waals surface area contributed by atoms with E-state index in [2.05, 4.69) is 24.3 Å². The van der Waals surface area contributed by atoms with Gasteiger partial charge in [-0.15, -0.1) is 11.8 Å². The first kappa shape index (κ1) is 17.3. The summed E-state index contributed by atoms with van der Waals surface area (Å²) in [5, 5.41) is 0. The maximum atomic E-state index is 13.7. The van der Waals surface area contributed by atoms with Crippen LogP contribution in [0.4, 0.5) is 5.69 Å². The molecule has 0 aromatic heterocycles. The number of para-hydroxylation sites is 1. The summed E-state index contributed by atoms with van der Waals surface area (Å²) in [5.74, 6) is -0.253. The van der Waals surface area contributed by atoms with Crippen LogP contribution in [0.1, 0.15) is 11.1 Å². The molecule has 2 saturated heterocycles. The first-order valence-electron chi connectivity index (χ1n) is 9.41. The van der Waals surface area contributed by atoms with Gasteiger partial charge in [0.25, 0.3) is 0 Å². The number of benzene rings is 3. The molecular formula is C24H19NO2S. The Kier molecular flexibility index (Phi) is 4.09. The first-order chi connectivity index (χ1) is 13.7. The van der Waals surface area contributed by atoms with Gasteiger partial charge in [0.05, 0.1) is 22.3 Å². The predicted octanol–water partition coefficient (Wildman–Crippen LogP) is 4.48. The molecule has 2 amide bonds. The normalized spacial score (nSPS) is 23.1. The van der Waals surface area contributed by atoms with Crippen molar-refractivity contribution in [2.24, 2.45) is 11.8 Å². The average molecular weight is 385 g/mol. The van der Waals surface area contributed by atoms with Gasteiger partial charge in [-0.3, -0.25) is 9.59 Å². The van der Waals surface area contributed by atoms with Crippen molar-refractivity contribution in [2.75, 3.05) is 10.7 Å². The molecule has 2 aliphatic heterocycles. The third-order valence-corrected chi connectivity index (χ3v) is 7.48. The predicted molar refractivity (Wildman–Crippen MR) is 112 cm³/mol. The highest BCUT2D eigenvalue weighted by molar-refractivity contribution is 8.00. The van der Waals surface area contributed by atoms with Gasteiger partial charge in [0.1, 0.15) is 0 Å². The summed E-state index contributed by atoms with van der Waals surface area (Å²) < 4.78 is -0.552. The summed E-state index contributed by atoms with van der Waals surface area (Å²) >= 11 is 1.72. The number of nitrogens with zero attached hydrogens (tertiary/aromatic N) is 1. The topological polar surface area (TPSA) is 37.4 Å². The van der Waals surface area contributed by atoms with Gasteiger partial charge in [0, 0.05) is 5.75 Å². The number of hydrogen-bond acceptors (Lipinski definition) is 3. The minimum absolute atomic E-state index is 0.0811. The molecule has 0 bridgehead atoms. The second kappa shape index (κ2) is 6.64. The lowest BCUT2D eigenvalue weighted by Crippen LogP contribution is -2.38. The van der Waals surface area contributed by atoms with Crippen molar-refractivity contribution in [2.45, 2.75) is 4.75 Å². The van der Waals surface area contributed by atoms with E-state index in [1.165, 1.54) is 4.90 Å². The van der Waals surface area contributed by atoms with Crippen molar-refractivity contribution in [3.8, 4) is 0 Å². The molecule has 0 N–H and O–H groups in total. The number of hydrogen-bond donors (Lipinski definition) is 0. The number of rotatable bonds is 3. The van der Waals surface area contributed by atoms with Crippen LogP contribution in [0.5, 0.6) is 0 Å². The van der Waals surface area contributed by atoms with Gasteiger partial charge < -0.3 is 0 Å². The Morgan fingerprint density at radius 1 is 0.714 bits per heavy atom. The van der Waals surface area contributed by atoms with Crippen LogP contribution in [0.3, 0.4) is 0 Å². The van der Waals surface area contributed by atoms with Crippen molar-refractivity contribution in [3.05, 3.63) is 102 Å². The number of carbonyl (C=O) groups excluding carboxylic acids is 2. The molecule has 0 radical (unpaired) electrons. The van der Waals surface area contributed by atoms with Crippen molar-refractivity contribution in [1.82, 2.24) is 0 Å². The fourth-order valence-corrected chi connectivity index (χ4v) is 6.39. The molecule has 138 valence electrons. The highest BCUT2D eigenvalue weighted by Crippen LogP contribution is 2.60. The van der Waals surface area contributed by atoms with Crippen molar-refractivity contribution in [1.29, 1.82) is 0 Å². The first-order valence-corrected chi connectivity index (χ1v) is 10.4. The van der Waals surface area contributed by atoms with Crippen LogP contribution in [0.2, 0.25) is 0 Å². The third kappa shape index (κ3) is 2.38. The summed E-state index contributed by atoms with van der Waals surface area (Å²) in [5.41, 5.74) is 2.82. The van der Waals surface area contributed by atoms with E-state index >= 15 is 0 Å². The Balaban J connectivity index is 1.69. The zero-order chi connectivity index (χ0) is 19.1. The van der Waals surface area contributed by atoms with Crippen LogP contribution in [0.15, 0.2) is 91.0 Å². The average Bonchev–Trinajstić information content (AvgIpc) is 3.28. The number of carbonyl (C=O) groups is 2. The number of anilines is 1. The summed E-state index contributed by atoms with van der Waals surface area (Å²) in [4.78, 5) is 28.3. The molecule has 2 unspecified atom stereocenters. The number of fused-ring (bicyclic) bond motifs is 1. The zero-order valence-corrected chi connectivity index (χ0v) is 16.0.